The number of carbonyl (C=O) groups excluding carboxylic acids is 2. The third-order valence-electron chi connectivity index (χ3n) is 6.56. The minimum absolute atomic E-state index is 0.0155. The summed E-state index contributed by atoms with van der Waals surface area (Å²) in [5.41, 5.74) is 5.14. The first-order chi connectivity index (χ1) is 16.9. The molecule has 1 fully saturated rings. The van der Waals surface area contributed by atoms with Gasteiger partial charge in [0.1, 0.15) is 0 Å². The number of thiazole rings is 1. The van der Waals surface area contributed by atoms with E-state index in [0.717, 1.165) is 27.0 Å². The van der Waals surface area contributed by atoms with Crippen LogP contribution in [0.4, 0.5) is 10.8 Å². The maximum absolute atomic E-state index is 13.9. The first-order valence-electron chi connectivity index (χ1n) is 12.0. The van der Waals surface area contributed by atoms with Crippen LogP contribution < -0.4 is 9.80 Å². The van der Waals surface area contributed by atoms with Crippen molar-refractivity contribution in [3.05, 3.63) is 89.5 Å². The lowest BCUT2D eigenvalue weighted by Gasteiger charge is -2.23. The largest absolute Gasteiger partial charge is 0.312 e. The number of hydrogen-bond donors (Lipinski definition) is 0. The lowest BCUT2D eigenvalue weighted by atomic mass is 10.0. The van der Waals surface area contributed by atoms with Gasteiger partial charge in [0.2, 0.25) is 11.8 Å². The molecule has 5 rings (SSSR count). The van der Waals surface area contributed by atoms with Gasteiger partial charge in [0.05, 0.1) is 22.7 Å². The lowest BCUT2D eigenvalue weighted by Crippen LogP contribution is -2.37. The highest BCUT2D eigenvalue weighted by atomic mass is 32.1. The first-order valence-corrected chi connectivity index (χ1v) is 12.8. The fourth-order valence-corrected chi connectivity index (χ4v) is 5.62. The Morgan fingerprint density at radius 3 is 2.51 bits per heavy atom. The zero-order valence-corrected chi connectivity index (χ0v) is 21.1. The van der Waals surface area contributed by atoms with Crippen LogP contribution in [0, 0.1) is 12.8 Å². The molecule has 1 atom stereocenters. The van der Waals surface area contributed by atoms with Gasteiger partial charge in [-0.25, -0.2) is 4.98 Å². The molecule has 1 aromatic heterocycles. The van der Waals surface area contributed by atoms with Gasteiger partial charge in [0, 0.05) is 18.7 Å². The van der Waals surface area contributed by atoms with Crippen molar-refractivity contribution in [2.75, 3.05) is 16.3 Å². The van der Waals surface area contributed by atoms with E-state index in [1.165, 1.54) is 16.9 Å². The van der Waals surface area contributed by atoms with Crippen molar-refractivity contribution in [1.29, 1.82) is 0 Å². The highest BCUT2D eigenvalue weighted by Gasteiger charge is 2.38. The molecule has 0 radical (unpaired) electrons. The molecule has 3 aromatic carbocycles. The molecule has 0 saturated carbocycles. The smallest absolute Gasteiger partial charge is 0.234 e. The first kappa shape index (κ1) is 23.2. The summed E-state index contributed by atoms with van der Waals surface area (Å²) in [6, 6.07) is 24.1. The Morgan fingerprint density at radius 1 is 1.06 bits per heavy atom. The maximum Gasteiger partial charge on any atom is 0.234 e. The van der Waals surface area contributed by atoms with Gasteiger partial charge in [-0.1, -0.05) is 85.3 Å². The number of anilines is 2. The third-order valence-corrected chi connectivity index (χ3v) is 7.60. The molecule has 2 amide bonds. The maximum atomic E-state index is 13.9. The van der Waals surface area contributed by atoms with Gasteiger partial charge in [0.25, 0.3) is 0 Å². The van der Waals surface area contributed by atoms with E-state index in [0.29, 0.717) is 24.1 Å². The zero-order valence-electron chi connectivity index (χ0n) is 20.3. The Hall–Kier alpha value is -3.51. The van der Waals surface area contributed by atoms with Crippen LogP contribution in [0.2, 0.25) is 0 Å². The van der Waals surface area contributed by atoms with Crippen LogP contribution in [0.5, 0.6) is 0 Å². The molecule has 2 heterocycles. The highest BCUT2D eigenvalue weighted by Crippen LogP contribution is 2.36. The van der Waals surface area contributed by atoms with Crippen molar-refractivity contribution >= 4 is 44.2 Å². The second kappa shape index (κ2) is 9.62. The number of amides is 2. The molecule has 178 valence electrons. The molecule has 35 heavy (non-hydrogen) atoms. The average Bonchev–Trinajstić information content (AvgIpc) is 3.46. The molecule has 0 spiro atoms. The molecule has 0 aliphatic carbocycles. The predicted octanol–water partition coefficient (Wildman–Crippen LogP) is 6.31. The molecule has 1 saturated heterocycles. The average molecular weight is 484 g/mol. The number of hydrogen-bond acceptors (Lipinski definition) is 4. The Kier molecular flexibility index (Phi) is 6.39. The summed E-state index contributed by atoms with van der Waals surface area (Å²) < 4.78 is 1.07. The van der Waals surface area contributed by atoms with Crippen LogP contribution in [0.3, 0.4) is 0 Å². The molecule has 5 nitrogen and oxygen atoms in total. The van der Waals surface area contributed by atoms with Crippen LogP contribution in [-0.4, -0.2) is 23.3 Å². The monoisotopic (exact) mass is 483 g/mol. The Balaban J connectivity index is 1.48. The van der Waals surface area contributed by atoms with Crippen LogP contribution >= 0.6 is 11.3 Å². The minimum atomic E-state index is -0.413. The van der Waals surface area contributed by atoms with E-state index in [-0.39, 0.29) is 18.2 Å². The van der Waals surface area contributed by atoms with Crippen molar-refractivity contribution in [2.45, 2.75) is 39.7 Å². The Bertz CT molecular complexity index is 1360. The molecule has 0 N–H and O–H groups in total. The zero-order chi connectivity index (χ0) is 24.5. The van der Waals surface area contributed by atoms with E-state index in [1.807, 2.05) is 61.5 Å². The molecule has 1 unspecified atom stereocenters. The van der Waals surface area contributed by atoms with Crippen LogP contribution in [0.1, 0.15) is 42.9 Å². The predicted molar refractivity (Wildman–Crippen MR) is 143 cm³/mol. The van der Waals surface area contributed by atoms with Crippen molar-refractivity contribution in [3.63, 3.8) is 0 Å². The summed E-state index contributed by atoms with van der Waals surface area (Å²) in [6.07, 6.45) is 0.208. The summed E-state index contributed by atoms with van der Waals surface area (Å²) in [4.78, 5) is 35.3. The quantitative estimate of drug-likeness (QED) is 0.323. The third kappa shape index (κ3) is 4.71. The van der Waals surface area contributed by atoms with Crippen LogP contribution in [-0.2, 0) is 16.1 Å². The molecule has 4 aromatic rings. The van der Waals surface area contributed by atoms with Gasteiger partial charge in [-0.3, -0.25) is 14.5 Å². The molecular weight excluding hydrogens is 454 g/mol. The number of rotatable bonds is 6. The number of nitrogens with zero attached hydrogens (tertiary/aromatic N) is 3. The van der Waals surface area contributed by atoms with Gasteiger partial charge in [0.15, 0.2) is 5.13 Å². The number of benzene rings is 3. The minimum Gasteiger partial charge on any atom is -0.312 e. The van der Waals surface area contributed by atoms with Crippen molar-refractivity contribution in [2.24, 2.45) is 5.92 Å². The summed E-state index contributed by atoms with van der Waals surface area (Å²) in [5, 5.41) is 0.684. The van der Waals surface area contributed by atoms with E-state index in [4.69, 9.17) is 4.98 Å². The summed E-state index contributed by atoms with van der Waals surface area (Å²) in [5.74, 6) is -0.147. The normalized spacial score (nSPS) is 15.8. The van der Waals surface area contributed by atoms with Crippen molar-refractivity contribution in [3.8, 4) is 0 Å². The topological polar surface area (TPSA) is 53.5 Å². The van der Waals surface area contributed by atoms with Gasteiger partial charge in [-0.15, -0.1) is 0 Å². The van der Waals surface area contributed by atoms with Crippen LogP contribution in [0.15, 0.2) is 72.8 Å². The van der Waals surface area contributed by atoms with Crippen LogP contribution in [0.25, 0.3) is 10.2 Å². The summed E-state index contributed by atoms with van der Waals surface area (Å²) >= 11 is 1.54. The van der Waals surface area contributed by atoms with E-state index in [1.54, 1.807) is 9.80 Å². The van der Waals surface area contributed by atoms with E-state index < -0.39 is 5.92 Å². The highest BCUT2D eigenvalue weighted by molar-refractivity contribution is 7.22. The van der Waals surface area contributed by atoms with E-state index in [2.05, 4.69) is 32.0 Å². The summed E-state index contributed by atoms with van der Waals surface area (Å²) in [6.45, 7) is 7.14. The van der Waals surface area contributed by atoms with Gasteiger partial charge < -0.3 is 4.90 Å². The Labute approximate surface area is 210 Å². The molecule has 6 heteroatoms. The SMILES string of the molecule is Cc1ccc(N2CC(C(=O)N(Cc3ccccc3)c3nc4c(C(C)C)cccc4s3)CC2=O)cc1. The van der Waals surface area contributed by atoms with Crippen molar-refractivity contribution in [1.82, 2.24) is 4.98 Å². The fourth-order valence-electron chi connectivity index (χ4n) is 4.61. The number of carbonyl (C=O) groups is 2. The molecule has 1 aliphatic heterocycles. The van der Waals surface area contributed by atoms with E-state index >= 15 is 0 Å². The second-order valence-corrected chi connectivity index (χ2v) is 10.5. The number of para-hydroxylation sites is 1. The number of aryl methyl sites for hydroxylation is 1. The molecule has 0 bridgehead atoms. The molecule has 1 aliphatic rings. The molecular formula is C29H29N3O2S. The van der Waals surface area contributed by atoms with Gasteiger partial charge in [-0.2, -0.15) is 0 Å². The second-order valence-electron chi connectivity index (χ2n) is 9.50. The van der Waals surface area contributed by atoms with Gasteiger partial charge >= 0.3 is 0 Å². The summed E-state index contributed by atoms with van der Waals surface area (Å²) in [7, 11) is 0. The Morgan fingerprint density at radius 2 is 1.80 bits per heavy atom. The number of fused-ring (bicyclic) bond motifs is 1. The van der Waals surface area contributed by atoms with E-state index in [9.17, 15) is 9.59 Å². The number of aromatic nitrogens is 1. The standard InChI is InChI=1S/C29H29N3O2S/c1-19(2)24-10-7-11-25-27(24)30-29(35-25)32(17-21-8-5-4-6-9-21)28(34)22-16-26(33)31(18-22)23-14-12-20(3)13-15-23/h4-15,19,22H,16-18H2,1-3H3. The van der Waals surface area contributed by atoms with Gasteiger partial charge in [-0.05, 0) is 42.2 Å². The van der Waals surface area contributed by atoms with Crippen molar-refractivity contribution < 1.29 is 9.59 Å². The fraction of sp³-hybridized carbons (Fsp3) is 0.276. The lowest BCUT2D eigenvalue weighted by molar-refractivity contribution is -0.124.